The van der Waals surface area contributed by atoms with Crippen LogP contribution in [0.15, 0.2) is 78.9 Å². The molecule has 3 aromatic carbocycles. The highest BCUT2D eigenvalue weighted by Crippen LogP contribution is 2.23. The summed E-state index contributed by atoms with van der Waals surface area (Å²) in [5, 5.41) is 14.7. The summed E-state index contributed by atoms with van der Waals surface area (Å²) >= 11 is 0. The van der Waals surface area contributed by atoms with Crippen LogP contribution in [0, 0.1) is 0 Å². The van der Waals surface area contributed by atoms with E-state index in [1.807, 2.05) is 60.7 Å². The Labute approximate surface area is 226 Å². The molecule has 206 valence electrons. The van der Waals surface area contributed by atoms with Gasteiger partial charge in [-0.25, -0.2) is 14.4 Å². The van der Waals surface area contributed by atoms with Gasteiger partial charge in [-0.05, 0) is 36.1 Å². The second kappa shape index (κ2) is 16.2. The Morgan fingerprint density at radius 1 is 0.641 bits per heavy atom. The van der Waals surface area contributed by atoms with Crippen molar-refractivity contribution in [1.82, 2.24) is 10.6 Å². The van der Waals surface area contributed by atoms with E-state index in [-0.39, 0.29) is 32.0 Å². The first-order valence-corrected chi connectivity index (χ1v) is 12.5. The molecule has 3 rings (SSSR count). The van der Waals surface area contributed by atoms with Gasteiger partial charge in [0.15, 0.2) is 0 Å². The molecule has 0 unspecified atom stereocenters. The molecule has 2 amide bonds. The number of benzene rings is 3. The van der Waals surface area contributed by atoms with E-state index in [4.69, 9.17) is 18.9 Å². The number of rotatable bonds is 15. The zero-order chi connectivity index (χ0) is 27.7. The second-order valence-electron chi connectivity index (χ2n) is 8.38. The minimum absolute atomic E-state index is 0.0210. The molecular weight excluding hydrogens is 504 g/mol. The van der Waals surface area contributed by atoms with Gasteiger partial charge < -0.3 is 34.7 Å². The predicted octanol–water partition coefficient (Wildman–Crippen LogP) is 4.78. The number of carboxylic acids is 1. The van der Waals surface area contributed by atoms with Gasteiger partial charge in [-0.3, -0.25) is 0 Å². The van der Waals surface area contributed by atoms with Gasteiger partial charge in [-0.1, -0.05) is 60.7 Å². The number of carbonyl (C=O) groups excluding carboxylic acids is 2. The van der Waals surface area contributed by atoms with E-state index >= 15 is 0 Å². The Bertz CT molecular complexity index is 1100. The lowest BCUT2D eigenvalue weighted by molar-refractivity contribution is 0.0695. The monoisotopic (exact) mass is 536 g/mol. The molecule has 0 heterocycles. The van der Waals surface area contributed by atoms with Gasteiger partial charge in [-0.2, -0.15) is 0 Å². The van der Waals surface area contributed by atoms with Crippen molar-refractivity contribution >= 4 is 18.2 Å². The van der Waals surface area contributed by atoms with Crippen molar-refractivity contribution in [3.63, 3.8) is 0 Å². The average molecular weight is 537 g/mol. The van der Waals surface area contributed by atoms with Crippen molar-refractivity contribution in [2.24, 2.45) is 0 Å². The summed E-state index contributed by atoms with van der Waals surface area (Å²) in [6, 6.07) is 23.1. The number of alkyl carbamates (subject to hydrolysis) is 2. The van der Waals surface area contributed by atoms with E-state index in [0.29, 0.717) is 37.4 Å². The average Bonchev–Trinajstić information content (AvgIpc) is 2.95. The van der Waals surface area contributed by atoms with Crippen molar-refractivity contribution in [3.05, 3.63) is 95.6 Å². The Morgan fingerprint density at radius 3 is 1.49 bits per heavy atom. The number of carbonyl (C=O) groups is 3. The molecule has 39 heavy (non-hydrogen) atoms. The first-order valence-electron chi connectivity index (χ1n) is 12.5. The predicted molar refractivity (Wildman–Crippen MR) is 143 cm³/mol. The molecule has 0 radical (unpaired) electrons. The topological polar surface area (TPSA) is 132 Å². The van der Waals surface area contributed by atoms with Crippen LogP contribution in [0.5, 0.6) is 11.5 Å². The summed E-state index contributed by atoms with van der Waals surface area (Å²) in [6.45, 7) is 1.52. The highest BCUT2D eigenvalue weighted by molar-refractivity contribution is 5.88. The third-order valence-electron chi connectivity index (χ3n) is 5.27. The zero-order valence-electron chi connectivity index (χ0n) is 21.5. The molecule has 0 saturated heterocycles. The smallest absolute Gasteiger partial charge is 0.407 e. The van der Waals surface area contributed by atoms with Gasteiger partial charge in [0.1, 0.15) is 24.7 Å². The molecule has 0 aromatic heterocycles. The fraction of sp³-hybridized carbons (Fsp3) is 0.276. The lowest BCUT2D eigenvalue weighted by atomic mass is 10.2. The Kier molecular flexibility index (Phi) is 12.0. The molecule has 0 atom stereocenters. The van der Waals surface area contributed by atoms with Gasteiger partial charge in [0.2, 0.25) is 0 Å². The Morgan fingerprint density at radius 2 is 1.08 bits per heavy atom. The fourth-order valence-electron chi connectivity index (χ4n) is 3.32. The lowest BCUT2D eigenvalue weighted by Gasteiger charge is -2.12. The van der Waals surface area contributed by atoms with Crippen LogP contribution in [-0.4, -0.2) is 49.6 Å². The molecule has 0 spiro atoms. The van der Waals surface area contributed by atoms with Gasteiger partial charge in [-0.15, -0.1) is 0 Å². The standard InChI is InChI=1S/C29H32N2O8/c32-27(33)24-17-25(36-15-7-13-30-28(34)38-20-22-9-3-1-4-10-22)19-26(18-24)37-16-8-14-31-29(35)39-21-23-11-5-2-6-12-23/h1-6,9-12,17-19H,7-8,13-16,20-21H2,(H,30,34)(H,31,35)(H,32,33). The summed E-state index contributed by atoms with van der Waals surface area (Å²) in [5.74, 6) is -0.450. The molecule has 0 aliphatic heterocycles. The van der Waals surface area contributed by atoms with Crippen molar-refractivity contribution in [2.75, 3.05) is 26.3 Å². The quantitative estimate of drug-likeness (QED) is 0.237. The lowest BCUT2D eigenvalue weighted by Crippen LogP contribution is -2.26. The zero-order valence-corrected chi connectivity index (χ0v) is 21.5. The minimum Gasteiger partial charge on any atom is -0.493 e. The van der Waals surface area contributed by atoms with Gasteiger partial charge in [0.05, 0.1) is 18.8 Å². The third-order valence-corrected chi connectivity index (χ3v) is 5.27. The van der Waals surface area contributed by atoms with E-state index in [0.717, 1.165) is 11.1 Å². The van der Waals surface area contributed by atoms with Crippen LogP contribution in [-0.2, 0) is 22.7 Å². The van der Waals surface area contributed by atoms with Crippen LogP contribution < -0.4 is 20.1 Å². The maximum absolute atomic E-state index is 11.8. The summed E-state index contributed by atoms with van der Waals surface area (Å²) < 4.78 is 21.6. The van der Waals surface area contributed by atoms with Gasteiger partial charge in [0.25, 0.3) is 0 Å². The first kappa shape index (κ1) is 28.8. The highest BCUT2D eigenvalue weighted by atomic mass is 16.6. The number of amides is 2. The molecule has 0 saturated carbocycles. The number of ether oxygens (including phenoxy) is 4. The molecule has 3 aromatic rings. The molecular formula is C29H32N2O8. The van der Waals surface area contributed by atoms with Crippen molar-refractivity contribution < 1.29 is 38.4 Å². The summed E-state index contributed by atoms with van der Waals surface area (Å²) in [5.41, 5.74) is 1.81. The maximum Gasteiger partial charge on any atom is 0.407 e. The SMILES string of the molecule is O=C(NCCCOc1cc(OCCCNC(=O)OCc2ccccc2)cc(C(=O)O)c1)OCc1ccccc1. The van der Waals surface area contributed by atoms with E-state index in [1.54, 1.807) is 6.07 Å². The van der Waals surface area contributed by atoms with Gasteiger partial charge in [0, 0.05) is 19.2 Å². The van der Waals surface area contributed by atoms with E-state index in [9.17, 15) is 19.5 Å². The molecule has 3 N–H and O–H groups in total. The minimum atomic E-state index is -1.11. The first-order chi connectivity index (χ1) is 19.0. The van der Waals surface area contributed by atoms with Gasteiger partial charge >= 0.3 is 18.2 Å². The number of nitrogens with one attached hydrogen (secondary N) is 2. The Balaban J connectivity index is 1.32. The summed E-state index contributed by atoms with van der Waals surface area (Å²) in [6.07, 6.45) is -0.0809. The van der Waals surface area contributed by atoms with Crippen LogP contribution >= 0.6 is 0 Å². The molecule has 0 bridgehead atoms. The van der Waals surface area contributed by atoms with E-state index in [1.165, 1.54) is 12.1 Å². The van der Waals surface area contributed by atoms with Crippen molar-refractivity contribution in [1.29, 1.82) is 0 Å². The number of aromatic carboxylic acids is 1. The third kappa shape index (κ3) is 11.5. The normalized spacial score (nSPS) is 10.3. The molecule has 0 aliphatic carbocycles. The summed E-state index contributed by atoms with van der Waals surface area (Å²) in [4.78, 5) is 35.1. The summed E-state index contributed by atoms with van der Waals surface area (Å²) in [7, 11) is 0. The Hall–Kier alpha value is -4.73. The number of hydrogen-bond donors (Lipinski definition) is 3. The van der Waals surface area contributed by atoms with Crippen molar-refractivity contribution in [2.45, 2.75) is 26.1 Å². The highest BCUT2D eigenvalue weighted by Gasteiger charge is 2.10. The fourth-order valence-corrected chi connectivity index (χ4v) is 3.32. The number of carboxylic acid groups (broad SMARTS) is 1. The van der Waals surface area contributed by atoms with Crippen LogP contribution in [0.2, 0.25) is 0 Å². The van der Waals surface area contributed by atoms with Crippen LogP contribution in [0.3, 0.4) is 0 Å². The second-order valence-corrected chi connectivity index (χ2v) is 8.38. The molecule has 0 fully saturated rings. The van der Waals surface area contributed by atoms with Crippen LogP contribution in [0.4, 0.5) is 9.59 Å². The maximum atomic E-state index is 11.8. The largest absolute Gasteiger partial charge is 0.493 e. The van der Waals surface area contributed by atoms with E-state index < -0.39 is 18.2 Å². The number of hydrogen-bond acceptors (Lipinski definition) is 7. The van der Waals surface area contributed by atoms with Crippen molar-refractivity contribution in [3.8, 4) is 11.5 Å². The van der Waals surface area contributed by atoms with E-state index in [2.05, 4.69) is 10.6 Å². The molecule has 0 aliphatic rings. The molecule has 10 heteroatoms. The van der Waals surface area contributed by atoms with Crippen LogP contribution in [0.1, 0.15) is 34.3 Å². The molecule has 10 nitrogen and oxygen atoms in total. The van der Waals surface area contributed by atoms with Crippen LogP contribution in [0.25, 0.3) is 0 Å².